The Morgan fingerprint density at radius 2 is 1.64 bits per heavy atom. The number of carbonyl (C=O) groups excluding carboxylic acids is 2. The molecular formula is C15H22N2O4S. The van der Waals surface area contributed by atoms with Crippen LogP contribution in [-0.2, 0) is 19.4 Å². The van der Waals surface area contributed by atoms with Crippen molar-refractivity contribution < 1.29 is 18.0 Å². The average molecular weight is 326 g/mol. The zero-order chi connectivity index (χ0) is 16.8. The Kier molecular flexibility index (Phi) is 6.55. The van der Waals surface area contributed by atoms with Crippen LogP contribution < -0.4 is 5.32 Å². The first-order valence-electron chi connectivity index (χ1n) is 7.18. The van der Waals surface area contributed by atoms with Crippen molar-refractivity contribution in [3.63, 3.8) is 0 Å². The van der Waals surface area contributed by atoms with Gasteiger partial charge < -0.3 is 10.2 Å². The summed E-state index contributed by atoms with van der Waals surface area (Å²) in [5, 5.41) is 2.57. The quantitative estimate of drug-likeness (QED) is 0.826. The minimum atomic E-state index is -3.51. The van der Waals surface area contributed by atoms with Crippen molar-refractivity contribution in [1.82, 2.24) is 4.90 Å². The first-order valence-corrected chi connectivity index (χ1v) is 8.83. The third kappa shape index (κ3) is 5.14. The molecule has 0 aliphatic rings. The third-order valence-corrected chi connectivity index (χ3v) is 4.97. The van der Waals surface area contributed by atoms with E-state index in [9.17, 15) is 18.0 Å². The molecule has 7 heteroatoms. The van der Waals surface area contributed by atoms with Crippen LogP contribution in [0.2, 0.25) is 0 Å². The number of sulfone groups is 1. The summed E-state index contributed by atoms with van der Waals surface area (Å²) in [4.78, 5) is 24.5. The normalized spacial score (nSPS) is 11.0. The Balaban J connectivity index is 2.74. The maximum Gasteiger partial charge on any atom is 0.223 e. The lowest BCUT2D eigenvalue weighted by molar-refractivity contribution is -0.130. The molecule has 0 aliphatic carbocycles. The van der Waals surface area contributed by atoms with Crippen molar-refractivity contribution in [2.75, 3.05) is 24.2 Å². The molecule has 0 saturated heterocycles. The highest BCUT2D eigenvalue weighted by molar-refractivity contribution is 7.91. The Bertz CT molecular complexity index is 619. The lowest BCUT2D eigenvalue weighted by Crippen LogP contribution is -2.31. The molecule has 0 saturated carbocycles. The van der Waals surface area contributed by atoms with Gasteiger partial charge in [-0.3, -0.25) is 9.59 Å². The van der Waals surface area contributed by atoms with Gasteiger partial charge in [0.15, 0.2) is 9.84 Å². The van der Waals surface area contributed by atoms with Crippen LogP contribution >= 0.6 is 0 Å². The number of anilines is 1. The van der Waals surface area contributed by atoms with Gasteiger partial charge in [-0.25, -0.2) is 8.42 Å². The van der Waals surface area contributed by atoms with E-state index in [0.29, 0.717) is 18.8 Å². The van der Waals surface area contributed by atoms with E-state index in [4.69, 9.17) is 0 Å². The summed E-state index contributed by atoms with van der Waals surface area (Å²) in [5.41, 5.74) is 0.533. The molecule has 1 N–H and O–H groups in total. The minimum Gasteiger partial charge on any atom is -0.343 e. The molecule has 0 aromatic heterocycles. The summed E-state index contributed by atoms with van der Waals surface area (Å²) in [6.45, 7) is 6.23. The fourth-order valence-electron chi connectivity index (χ4n) is 2.02. The van der Waals surface area contributed by atoms with Crippen molar-refractivity contribution in [1.29, 1.82) is 0 Å². The molecule has 122 valence electrons. The average Bonchev–Trinajstić information content (AvgIpc) is 2.46. The second kappa shape index (κ2) is 7.93. The molecule has 1 aromatic rings. The zero-order valence-electron chi connectivity index (χ0n) is 13.1. The fourth-order valence-corrected chi connectivity index (χ4v) is 3.25. The third-order valence-electron chi connectivity index (χ3n) is 3.23. The molecular weight excluding hydrogens is 304 g/mol. The Hall–Kier alpha value is -1.89. The largest absolute Gasteiger partial charge is 0.343 e. The minimum absolute atomic E-state index is 0.0303. The molecule has 0 unspecified atom stereocenters. The number of nitrogens with one attached hydrogen (secondary N) is 1. The van der Waals surface area contributed by atoms with Gasteiger partial charge in [0.2, 0.25) is 11.8 Å². The van der Waals surface area contributed by atoms with Crippen molar-refractivity contribution in [2.45, 2.75) is 32.1 Å². The van der Waals surface area contributed by atoms with E-state index < -0.39 is 9.84 Å². The number of hydrogen-bond acceptors (Lipinski definition) is 4. The van der Waals surface area contributed by atoms with Crippen LogP contribution in [0.4, 0.5) is 5.69 Å². The molecule has 2 amide bonds. The van der Waals surface area contributed by atoms with Crippen molar-refractivity contribution in [3.8, 4) is 0 Å². The number of benzene rings is 1. The van der Waals surface area contributed by atoms with Crippen LogP contribution in [0.3, 0.4) is 0 Å². The summed E-state index contributed by atoms with van der Waals surface area (Å²) in [6.07, 6.45) is -0.0303. The van der Waals surface area contributed by atoms with Crippen LogP contribution in [-0.4, -0.2) is 44.0 Å². The molecule has 1 rings (SSSR count). The standard InChI is InChI=1S/C15H22N2O4S/c1-4-17(5-2)15(19)10-11-22(20,21)14-8-6-13(7-9-14)16-12(3)18/h6-9H,4-5,10-11H2,1-3H3,(H,16,18). The van der Waals surface area contributed by atoms with Gasteiger partial charge in [-0.1, -0.05) is 0 Å². The van der Waals surface area contributed by atoms with Crippen LogP contribution in [0.25, 0.3) is 0 Å². The van der Waals surface area contributed by atoms with Gasteiger partial charge in [0.05, 0.1) is 10.6 Å². The Morgan fingerprint density at radius 1 is 1.09 bits per heavy atom. The van der Waals surface area contributed by atoms with E-state index in [0.717, 1.165) is 0 Å². The van der Waals surface area contributed by atoms with Gasteiger partial charge >= 0.3 is 0 Å². The second-order valence-corrected chi connectivity index (χ2v) is 6.95. The topological polar surface area (TPSA) is 83.6 Å². The first kappa shape index (κ1) is 18.2. The monoisotopic (exact) mass is 326 g/mol. The van der Waals surface area contributed by atoms with Crippen molar-refractivity contribution in [3.05, 3.63) is 24.3 Å². The number of nitrogens with zero attached hydrogens (tertiary/aromatic N) is 1. The first-order chi connectivity index (χ1) is 10.3. The molecule has 0 spiro atoms. The van der Waals surface area contributed by atoms with Gasteiger partial charge in [-0.15, -0.1) is 0 Å². The molecule has 0 aliphatic heterocycles. The summed E-state index contributed by atoms with van der Waals surface area (Å²) >= 11 is 0. The number of carbonyl (C=O) groups is 2. The van der Waals surface area contributed by atoms with Crippen molar-refractivity contribution >= 4 is 27.3 Å². The molecule has 0 fully saturated rings. The predicted octanol–water partition coefficient (Wildman–Crippen LogP) is 1.68. The van der Waals surface area contributed by atoms with Gasteiger partial charge in [-0.2, -0.15) is 0 Å². The molecule has 0 radical (unpaired) electrons. The summed E-state index contributed by atoms with van der Waals surface area (Å²) < 4.78 is 24.4. The number of rotatable bonds is 7. The molecule has 0 bridgehead atoms. The van der Waals surface area contributed by atoms with E-state index in [2.05, 4.69) is 5.32 Å². The van der Waals surface area contributed by atoms with Crippen LogP contribution in [0.1, 0.15) is 27.2 Å². The van der Waals surface area contributed by atoms with Crippen molar-refractivity contribution in [2.24, 2.45) is 0 Å². The maximum absolute atomic E-state index is 12.2. The highest BCUT2D eigenvalue weighted by Gasteiger charge is 2.18. The van der Waals surface area contributed by atoms with Crippen LogP contribution in [0, 0.1) is 0 Å². The van der Waals surface area contributed by atoms with E-state index in [-0.39, 0.29) is 28.9 Å². The van der Waals surface area contributed by atoms with E-state index in [1.54, 1.807) is 4.90 Å². The van der Waals surface area contributed by atoms with Crippen LogP contribution in [0.15, 0.2) is 29.2 Å². The highest BCUT2D eigenvalue weighted by atomic mass is 32.2. The lowest BCUT2D eigenvalue weighted by Gasteiger charge is -2.18. The molecule has 0 atom stereocenters. The lowest BCUT2D eigenvalue weighted by atomic mass is 10.3. The van der Waals surface area contributed by atoms with Gasteiger partial charge in [-0.05, 0) is 38.1 Å². The van der Waals surface area contributed by atoms with Gasteiger partial charge in [0, 0.05) is 32.1 Å². The molecule has 22 heavy (non-hydrogen) atoms. The number of hydrogen-bond donors (Lipinski definition) is 1. The molecule has 6 nitrogen and oxygen atoms in total. The number of amides is 2. The Labute approximate surface area is 131 Å². The predicted molar refractivity (Wildman–Crippen MR) is 85.3 cm³/mol. The van der Waals surface area contributed by atoms with E-state index >= 15 is 0 Å². The fraction of sp³-hybridized carbons (Fsp3) is 0.467. The van der Waals surface area contributed by atoms with E-state index in [1.807, 2.05) is 13.8 Å². The second-order valence-electron chi connectivity index (χ2n) is 4.84. The Morgan fingerprint density at radius 3 is 2.09 bits per heavy atom. The SMILES string of the molecule is CCN(CC)C(=O)CCS(=O)(=O)c1ccc(NC(C)=O)cc1. The van der Waals surface area contributed by atoms with Gasteiger partial charge in [0.25, 0.3) is 0 Å². The molecule has 1 aromatic carbocycles. The summed E-state index contributed by atoms with van der Waals surface area (Å²) in [6, 6.07) is 5.92. The zero-order valence-corrected chi connectivity index (χ0v) is 13.9. The van der Waals surface area contributed by atoms with Gasteiger partial charge in [0.1, 0.15) is 0 Å². The van der Waals surface area contributed by atoms with Crippen LogP contribution in [0.5, 0.6) is 0 Å². The maximum atomic E-state index is 12.2. The smallest absolute Gasteiger partial charge is 0.223 e. The summed E-state index contributed by atoms with van der Waals surface area (Å²) in [7, 11) is -3.51. The van der Waals surface area contributed by atoms with E-state index in [1.165, 1.54) is 31.2 Å². The highest BCUT2D eigenvalue weighted by Crippen LogP contribution is 2.16. The molecule has 0 heterocycles. The summed E-state index contributed by atoms with van der Waals surface area (Å²) in [5.74, 6) is -0.606.